The first-order chi connectivity index (χ1) is 13.3. The molecule has 3 rings (SSSR count). The van der Waals surface area contributed by atoms with Crippen molar-refractivity contribution >= 4 is 27.5 Å². The molecule has 2 aliphatic heterocycles. The van der Waals surface area contributed by atoms with Crippen molar-refractivity contribution in [2.24, 2.45) is 4.40 Å². The van der Waals surface area contributed by atoms with Crippen molar-refractivity contribution in [2.75, 3.05) is 18.0 Å². The zero-order chi connectivity index (χ0) is 20.3. The van der Waals surface area contributed by atoms with Gasteiger partial charge in [-0.15, -0.1) is 4.40 Å². The number of amidine groups is 1. The molecule has 0 aromatic heterocycles. The normalized spacial score (nSPS) is 18.1. The third-order valence-electron chi connectivity index (χ3n) is 5.48. The van der Waals surface area contributed by atoms with Crippen LogP contribution in [0, 0.1) is 0 Å². The second-order valence-electron chi connectivity index (χ2n) is 7.93. The molecular formula is C21H31N3O3S. The van der Waals surface area contributed by atoms with Crippen molar-refractivity contribution in [2.45, 2.75) is 76.7 Å². The summed E-state index contributed by atoms with van der Waals surface area (Å²) in [6.07, 6.45) is 6.83. The molecule has 0 bridgehead atoms. The van der Waals surface area contributed by atoms with Gasteiger partial charge in [0.25, 0.3) is 15.9 Å². The summed E-state index contributed by atoms with van der Waals surface area (Å²) in [7, 11) is -3.78. The van der Waals surface area contributed by atoms with Crippen LogP contribution < -0.4 is 4.90 Å². The Bertz CT molecular complexity index is 862. The molecule has 0 atom stereocenters. The summed E-state index contributed by atoms with van der Waals surface area (Å²) in [5, 5.41) is 0. The Hall–Kier alpha value is -1.89. The molecule has 1 saturated heterocycles. The zero-order valence-electron chi connectivity index (χ0n) is 17.1. The van der Waals surface area contributed by atoms with Gasteiger partial charge in [-0.2, -0.15) is 8.42 Å². The average molecular weight is 406 g/mol. The van der Waals surface area contributed by atoms with Crippen molar-refractivity contribution in [3.63, 3.8) is 0 Å². The van der Waals surface area contributed by atoms with Gasteiger partial charge >= 0.3 is 0 Å². The summed E-state index contributed by atoms with van der Waals surface area (Å²) in [4.78, 5) is 17.1. The highest BCUT2D eigenvalue weighted by Gasteiger charge is 2.32. The lowest BCUT2D eigenvalue weighted by molar-refractivity contribution is 0.0702. The maximum atomic E-state index is 13.1. The van der Waals surface area contributed by atoms with Gasteiger partial charge in [-0.1, -0.05) is 26.2 Å². The van der Waals surface area contributed by atoms with Crippen LogP contribution in [0.1, 0.15) is 76.1 Å². The summed E-state index contributed by atoms with van der Waals surface area (Å²) >= 11 is 0. The second kappa shape index (κ2) is 8.64. The van der Waals surface area contributed by atoms with E-state index in [0.717, 1.165) is 45.1 Å². The zero-order valence-corrected chi connectivity index (χ0v) is 18.0. The van der Waals surface area contributed by atoms with Gasteiger partial charge in [0.1, 0.15) is 10.7 Å². The highest BCUT2D eigenvalue weighted by Crippen LogP contribution is 2.35. The Morgan fingerprint density at radius 2 is 2.00 bits per heavy atom. The number of unbranched alkanes of at least 4 members (excludes halogenated alkanes) is 2. The van der Waals surface area contributed by atoms with E-state index in [1.54, 1.807) is 12.1 Å². The maximum Gasteiger partial charge on any atom is 0.286 e. The van der Waals surface area contributed by atoms with Crippen molar-refractivity contribution in [1.82, 2.24) is 4.90 Å². The van der Waals surface area contributed by atoms with Gasteiger partial charge in [-0.25, -0.2) is 0 Å². The predicted octanol–water partition coefficient (Wildman–Crippen LogP) is 4.21. The Balaban J connectivity index is 1.94. The molecule has 1 amide bonds. The molecule has 6 nitrogen and oxygen atoms in total. The van der Waals surface area contributed by atoms with Crippen LogP contribution in [0.25, 0.3) is 0 Å². The number of nitrogens with zero attached hydrogens (tertiary/aromatic N) is 3. The Morgan fingerprint density at radius 1 is 1.21 bits per heavy atom. The van der Waals surface area contributed by atoms with E-state index >= 15 is 0 Å². The van der Waals surface area contributed by atoms with Gasteiger partial charge < -0.3 is 9.80 Å². The predicted molar refractivity (Wildman–Crippen MR) is 113 cm³/mol. The smallest absolute Gasteiger partial charge is 0.286 e. The minimum absolute atomic E-state index is 0.0622. The van der Waals surface area contributed by atoms with Crippen molar-refractivity contribution in [1.29, 1.82) is 0 Å². The molecule has 7 heteroatoms. The minimum atomic E-state index is -3.78. The van der Waals surface area contributed by atoms with Crippen LogP contribution >= 0.6 is 0 Å². The molecule has 0 spiro atoms. The SMILES string of the molecule is CCCCCN(C(=O)c1ccc2c(c1)S(=O)(=O)N=C1CCCCCN12)C(C)C. The third-order valence-corrected chi connectivity index (χ3v) is 6.82. The molecular weight excluding hydrogens is 374 g/mol. The monoisotopic (exact) mass is 405 g/mol. The molecule has 2 heterocycles. The maximum absolute atomic E-state index is 13.1. The van der Waals surface area contributed by atoms with E-state index in [2.05, 4.69) is 11.3 Å². The summed E-state index contributed by atoms with van der Waals surface area (Å²) < 4.78 is 29.6. The number of fused-ring (bicyclic) bond motifs is 3. The number of benzene rings is 1. The highest BCUT2D eigenvalue weighted by atomic mass is 32.2. The molecule has 154 valence electrons. The first kappa shape index (κ1) is 20.8. The van der Waals surface area contributed by atoms with E-state index < -0.39 is 10.0 Å². The molecule has 0 unspecified atom stereocenters. The van der Waals surface area contributed by atoms with Gasteiger partial charge in [0.15, 0.2) is 0 Å². The number of amides is 1. The average Bonchev–Trinajstić information content (AvgIpc) is 2.89. The standard InChI is InChI=1S/C21H31N3O3S/c1-4-5-8-13-23(16(2)3)21(25)17-11-12-18-19(15-17)28(26,27)22-20-10-7-6-9-14-24(18)20/h11-12,15-16H,4-10,13-14H2,1-3H3. The number of hydrogen-bond donors (Lipinski definition) is 0. The number of rotatable bonds is 6. The quantitative estimate of drug-likeness (QED) is 0.665. The summed E-state index contributed by atoms with van der Waals surface area (Å²) in [6, 6.07) is 5.13. The van der Waals surface area contributed by atoms with Crippen molar-refractivity contribution in [3.8, 4) is 0 Å². The van der Waals surface area contributed by atoms with E-state index in [1.165, 1.54) is 6.07 Å². The summed E-state index contributed by atoms with van der Waals surface area (Å²) in [6.45, 7) is 7.57. The highest BCUT2D eigenvalue weighted by molar-refractivity contribution is 7.90. The first-order valence-corrected chi connectivity index (χ1v) is 11.9. The Kier molecular flexibility index (Phi) is 6.43. The molecule has 0 saturated carbocycles. The van der Waals surface area contributed by atoms with Crippen LogP contribution in [-0.4, -0.2) is 44.2 Å². The van der Waals surface area contributed by atoms with Gasteiger partial charge in [0, 0.05) is 31.1 Å². The number of anilines is 1. The van der Waals surface area contributed by atoms with E-state index in [4.69, 9.17) is 0 Å². The fraction of sp³-hybridized carbons (Fsp3) is 0.619. The second-order valence-corrected chi connectivity index (χ2v) is 9.50. The van der Waals surface area contributed by atoms with Gasteiger partial charge in [-0.3, -0.25) is 4.79 Å². The Morgan fingerprint density at radius 3 is 2.71 bits per heavy atom. The number of carbonyl (C=O) groups excluding carboxylic acids is 1. The van der Waals surface area contributed by atoms with E-state index in [9.17, 15) is 13.2 Å². The summed E-state index contributed by atoms with van der Waals surface area (Å²) in [5.74, 6) is 0.516. The van der Waals surface area contributed by atoms with Crippen LogP contribution in [0.5, 0.6) is 0 Å². The Labute approximate surface area is 168 Å². The van der Waals surface area contributed by atoms with Crippen LogP contribution in [-0.2, 0) is 10.0 Å². The topological polar surface area (TPSA) is 70.0 Å². The lowest BCUT2D eigenvalue weighted by Crippen LogP contribution is -2.38. The van der Waals surface area contributed by atoms with Crippen molar-refractivity contribution in [3.05, 3.63) is 23.8 Å². The van der Waals surface area contributed by atoms with Crippen LogP contribution in [0.15, 0.2) is 27.5 Å². The van der Waals surface area contributed by atoms with Crippen LogP contribution in [0.4, 0.5) is 5.69 Å². The van der Waals surface area contributed by atoms with Crippen LogP contribution in [0.2, 0.25) is 0 Å². The van der Waals surface area contributed by atoms with Crippen molar-refractivity contribution < 1.29 is 13.2 Å². The first-order valence-electron chi connectivity index (χ1n) is 10.4. The third kappa shape index (κ3) is 4.24. The van der Waals surface area contributed by atoms with E-state index in [-0.39, 0.29) is 16.8 Å². The van der Waals surface area contributed by atoms with E-state index in [1.807, 2.05) is 23.6 Å². The largest absolute Gasteiger partial charge is 0.336 e. The molecule has 0 N–H and O–H groups in total. The minimum Gasteiger partial charge on any atom is -0.336 e. The fourth-order valence-corrected chi connectivity index (χ4v) is 5.19. The molecule has 1 fully saturated rings. The van der Waals surface area contributed by atoms with Crippen LogP contribution in [0.3, 0.4) is 0 Å². The van der Waals surface area contributed by atoms with Gasteiger partial charge in [0.05, 0.1) is 5.69 Å². The molecule has 0 aliphatic carbocycles. The molecule has 1 aromatic carbocycles. The number of sulfonamides is 1. The molecule has 0 radical (unpaired) electrons. The lowest BCUT2D eigenvalue weighted by Gasteiger charge is -2.31. The number of hydrogen-bond acceptors (Lipinski definition) is 4. The molecule has 1 aromatic rings. The molecule has 2 aliphatic rings. The lowest BCUT2D eigenvalue weighted by atomic mass is 10.1. The molecule has 28 heavy (non-hydrogen) atoms. The van der Waals surface area contributed by atoms with E-state index in [0.29, 0.717) is 30.1 Å². The van der Waals surface area contributed by atoms with Gasteiger partial charge in [0.2, 0.25) is 0 Å². The number of carbonyl (C=O) groups is 1. The fourth-order valence-electron chi connectivity index (χ4n) is 3.91. The summed E-state index contributed by atoms with van der Waals surface area (Å²) in [5.41, 5.74) is 1.08. The van der Waals surface area contributed by atoms with Gasteiger partial charge in [-0.05, 0) is 51.3 Å².